The number of carboxylic acids is 1. The predicted molar refractivity (Wildman–Crippen MR) is 106 cm³/mol. The molecule has 1 aliphatic heterocycles. The second-order valence-electron chi connectivity index (χ2n) is 6.84. The molecule has 0 amide bonds. The highest BCUT2D eigenvalue weighted by molar-refractivity contribution is 7.08. The second kappa shape index (κ2) is 6.48. The van der Waals surface area contributed by atoms with Crippen LogP contribution in [0.4, 0.5) is 5.82 Å². The number of fused-ring (bicyclic) bond motifs is 1. The zero-order valence-electron chi connectivity index (χ0n) is 15.2. The summed E-state index contributed by atoms with van der Waals surface area (Å²) in [6.07, 6.45) is 6.18. The van der Waals surface area contributed by atoms with Crippen molar-refractivity contribution in [1.82, 2.24) is 28.9 Å². The van der Waals surface area contributed by atoms with Gasteiger partial charge in [-0.15, -0.1) is 0 Å². The van der Waals surface area contributed by atoms with Gasteiger partial charge in [-0.2, -0.15) is 4.37 Å². The summed E-state index contributed by atoms with van der Waals surface area (Å²) < 4.78 is 5.51. The molecule has 1 fully saturated rings. The minimum absolute atomic E-state index is 0.270. The Bertz CT molecular complexity index is 1280. The molecule has 1 saturated heterocycles. The van der Waals surface area contributed by atoms with Crippen LogP contribution in [-0.2, 0) is 0 Å². The van der Waals surface area contributed by atoms with Gasteiger partial charge >= 0.3 is 5.97 Å². The highest BCUT2D eigenvalue weighted by Crippen LogP contribution is 2.31. The minimum Gasteiger partial charge on any atom is -0.477 e. The molecule has 11 heteroatoms. The summed E-state index contributed by atoms with van der Waals surface area (Å²) in [5, 5.41) is 10.2. The molecule has 2 N–H and O–H groups in total. The smallest absolute Gasteiger partial charge is 0.341 e. The van der Waals surface area contributed by atoms with Gasteiger partial charge in [0.25, 0.3) is 0 Å². The maximum absolute atomic E-state index is 12.8. The zero-order chi connectivity index (χ0) is 20.1. The van der Waals surface area contributed by atoms with Crippen LogP contribution in [0.5, 0.6) is 0 Å². The van der Waals surface area contributed by atoms with Crippen LogP contribution >= 0.6 is 11.5 Å². The molecule has 0 aliphatic carbocycles. The number of aryl methyl sites for hydroxylation is 1. The second-order valence-corrected chi connectivity index (χ2v) is 7.60. The van der Waals surface area contributed by atoms with Gasteiger partial charge in [0, 0.05) is 43.2 Å². The summed E-state index contributed by atoms with van der Waals surface area (Å²) in [4.78, 5) is 42.8. The molecule has 4 aromatic rings. The average Bonchev–Trinajstić information content (AvgIpc) is 3.34. The number of imidazole rings is 1. The molecule has 0 saturated carbocycles. The van der Waals surface area contributed by atoms with Crippen LogP contribution in [0.25, 0.3) is 16.2 Å². The summed E-state index contributed by atoms with van der Waals surface area (Å²) in [6.45, 7) is 3.29. The van der Waals surface area contributed by atoms with Crippen molar-refractivity contribution in [3.8, 4) is 5.13 Å². The maximum Gasteiger partial charge on any atom is 0.341 e. The zero-order valence-corrected chi connectivity index (χ0v) is 16.1. The van der Waals surface area contributed by atoms with E-state index >= 15 is 0 Å². The molecule has 5 rings (SSSR count). The molecule has 0 bridgehead atoms. The SMILES string of the molecule is Cc1cc(N2CC(c3ncc[nH]3)C2)nc2c1c(=O)c(C(=O)O)cn2-c1ncns1. The molecular weight excluding hydrogens is 394 g/mol. The summed E-state index contributed by atoms with van der Waals surface area (Å²) in [6, 6.07) is 1.82. The number of nitrogens with one attached hydrogen (secondary N) is 1. The van der Waals surface area contributed by atoms with E-state index in [0.717, 1.165) is 36.3 Å². The number of H-pyrrole nitrogens is 1. The molecule has 0 aromatic carbocycles. The van der Waals surface area contributed by atoms with E-state index in [0.29, 0.717) is 22.3 Å². The first-order valence-electron chi connectivity index (χ1n) is 8.84. The molecule has 0 unspecified atom stereocenters. The van der Waals surface area contributed by atoms with E-state index in [1.165, 1.54) is 17.1 Å². The van der Waals surface area contributed by atoms with E-state index in [9.17, 15) is 14.7 Å². The number of nitrogens with zero attached hydrogens (tertiary/aromatic N) is 6. The van der Waals surface area contributed by atoms with Gasteiger partial charge in [-0.05, 0) is 18.6 Å². The van der Waals surface area contributed by atoms with Gasteiger partial charge in [-0.3, -0.25) is 9.36 Å². The van der Waals surface area contributed by atoms with E-state index < -0.39 is 11.4 Å². The van der Waals surface area contributed by atoms with Crippen LogP contribution in [0, 0.1) is 6.92 Å². The third kappa shape index (κ3) is 2.78. The Kier molecular flexibility index (Phi) is 3.91. The van der Waals surface area contributed by atoms with Crippen molar-refractivity contribution in [2.24, 2.45) is 0 Å². The number of pyridine rings is 2. The molecule has 0 atom stereocenters. The molecule has 0 spiro atoms. The van der Waals surface area contributed by atoms with Crippen LogP contribution in [0.2, 0.25) is 0 Å². The van der Waals surface area contributed by atoms with E-state index in [4.69, 9.17) is 4.98 Å². The Morgan fingerprint density at radius 1 is 1.34 bits per heavy atom. The van der Waals surface area contributed by atoms with Gasteiger partial charge in [0.1, 0.15) is 23.5 Å². The lowest BCUT2D eigenvalue weighted by atomic mass is 9.99. The molecule has 10 nitrogen and oxygen atoms in total. The fraction of sp³-hybridized carbons (Fsp3) is 0.222. The summed E-state index contributed by atoms with van der Waals surface area (Å²) in [5.41, 5.74) is 0.153. The Hall–Kier alpha value is -3.60. The fourth-order valence-corrected chi connectivity index (χ4v) is 4.06. The van der Waals surface area contributed by atoms with E-state index in [1.54, 1.807) is 19.3 Å². The number of hydrogen-bond donors (Lipinski definition) is 2. The van der Waals surface area contributed by atoms with Crippen molar-refractivity contribution in [1.29, 1.82) is 0 Å². The molecule has 0 radical (unpaired) electrons. The van der Waals surface area contributed by atoms with E-state index in [2.05, 4.69) is 24.2 Å². The van der Waals surface area contributed by atoms with Crippen molar-refractivity contribution in [3.05, 3.63) is 58.2 Å². The van der Waals surface area contributed by atoms with Gasteiger partial charge in [0.15, 0.2) is 5.65 Å². The Labute approximate surface area is 167 Å². The van der Waals surface area contributed by atoms with Gasteiger partial charge in [0.2, 0.25) is 10.6 Å². The number of anilines is 1. The van der Waals surface area contributed by atoms with Crippen molar-refractivity contribution in [2.45, 2.75) is 12.8 Å². The Morgan fingerprint density at radius 3 is 2.83 bits per heavy atom. The third-order valence-electron chi connectivity index (χ3n) is 5.04. The maximum atomic E-state index is 12.8. The third-order valence-corrected chi connectivity index (χ3v) is 5.70. The van der Waals surface area contributed by atoms with Gasteiger partial charge in [-0.1, -0.05) is 0 Å². The Balaban J connectivity index is 1.64. The standard InChI is InChI=1S/C18H15N7O3S/c1-9-4-12(24-5-10(6-24)15-19-2-3-20-15)23-16-13(9)14(26)11(17(27)28)7-25(16)18-21-8-22-29-18/h2-4,7-8,10H,5-6H2,1H3,(H,19,20)(H,27,28). The number of carboxylic acid groups (broad SMARTS) is 1. The van der Waals surface area contributed by atoms with Crippen molar-refractivity contribution in [2.75, 3.05) is 18.0 Å². The fourth-order valence-electron chi connectivity index (χ4n) is 3.55. The van der Waals surface area contributed by atoms with Crippen molar-refractivity contribution in [3.63, 3.8) is 0 Å². The quantitative estimate of drug-likeness (QED) is 0.519. The highest BCUT2D eigenvalue weighted by Gasteiger charge is 2.31. The molecule has 146 valence electrons. The first kappa shape index (κ1) is 17.5. The number of aromatic amines is 1. The molecule has 5 heterocycles. The van der Waals surface area contributed by atoms with Crippen molar-refractivity contribution < 1.29 is 9.90 Å². The summed E-state index contributed by atoms with van der Waals surface area (Å²) in [5.74, 6) is 0.666. The summed E-state index contributed by atoms with van der Waals surface area (Å²) >= 11 is 1.10. The van der Waals surface area contributed by atoms with Gasteiger partial charge in [0.05, 0.1) is 11.3 Å². The first-order chi connectivity index (χ1) is 14.0. The average molecular weight is 409 g/mol. The van der Waals surface area contributed by atoms with Crippen LogP contribution in [0.15, 0.2) is 35.8 Å². The lowest BCUT2D eigenvalue weighted by Crippen LogP contribution is -2.46. The number of carbonyl (C=O) groups is 1. The molecular formula is C18H15N7O3S. The highest BCUT2D eigenvalue weighted by atomic mass is 32.1. The largest absolute Gasteiger partial charge is 0.477 e. The number of hydrogen-bond acceptors (Lipinski definition) is 8. The summed E-state index contributed by atoms with van der Waals surface area (Å²) in [7, 11) is 0. The van der Waals surface area contributed by atoms with Crippen molar-refractivity contribution >= 4 is 34.4 Å². The first-order valence-corrected chi connectivity index (χ1v) is 9.62. The minimum atomic E-state index is -1.29. The monoisotopic (exact) mass is 409 g/mol. The molecule has 29 heavy (non-hydrogen) atoms. The van der Waals surface area contributed by atoms with Gasteiger partial charge < -0.3 is 15.0 Å². The van der Waals surface area contributed by atoms with Crippen LogP contribution in [0.3, 0.4) is 0 Å². The van der Waals surface area contributed by atoms with E-state index in [1.807, 2.05) is 6.07 Å². The van der Waals surface area contributed by atoms with Crippen LogP contribution in [0.1, 0.15) is 27.7 Å². The van der Waals surface area contributed by atoms with Gasteiger partial charge in [-0.25, -0.2) is 19.7 Å². The number of rotatable bonds is 4. The van der Waals surface area contributed by atoms with E-state index in [-0.39, 0.29) is 10.9 Å². The molecule has 4 aromatic heterocycles. The number of aromatic carboxylic acids is 1. The van der Waals surface area contributed by atoms with Crippen LogP contribution in [-0.4, -0.2) is 53.0 Å². The number of aromatic nitrogens is 6. The normalized spacial score (nSPS) is 14.3. The Morgan fingerprint density at radius 2 is 2.17 bits per heavy atom. The molecule has 1 aliphatic rings. The lowest BCUT2D eigenvalue weighted by molar-refractivity contribution is 0.0695. The topological polar surface area (TPSA) is 130 Å². The lowest BCUT2D eigenvalue weighted by Gasteiger charge is -2.39. The van der Waals surface area contributed by atoms with Crippen LogP contribution < -0.4 is 10.3 Å². The predicted octanol–water partition coefficient (Wildman–Crippen LogP) is 1.57.